The zero-order valence-electron chi connectivity index (χ0n) is 11.8. The van der Waals surface area contributed by atoms with E-state index in [1.165, 1.54) is 5.56 Å². The van der Waals surface area contributed by atoms with E-state index in [4.69, 9.17) is 9.52 Å². The van der Waals surface area contributed by atoms with Gasteiger partial charge in [-0.05, 0) is 17.0 Å². The van der Waals surface area contributed by atoms with Crippen LogP contribution < -0.4 is 5.32 Å². The molecule has 0 fully saturated rings. The number of oxazole rings is 1. The Morgan fingerprint density at radius 3 is 2.65 bits per heavy atom. The summed E-state index contributed by atoms with van der Waals surface area (Å²) in [6.07, 6.45) is 1.15. The summed E-state index contributed by atoms with van der Waals surface area (Å²) in [5.41, 5.74) is 2.12. The molecule has 0 saturated carbocycles. The van der Waals surface area contributed by atoms with Crippen LogP contribution in [0.4, 0.5) is 5.69 Å². The number of rotatable bonds is 4. The Morgan fingerprint density at radius 2 is 2.05 bits per heavy atom. The fraction of sp³-hybridized carbons (Fsp3) is 0.333. The van der Waals surface area contributed by atoms with Gasteiger partial charge in [0.25, 0.3) is 0 Å². The number of carboxylic acids is 1. The van der Waals surface area contributed by atoms with E-state index in [2.05, 4.69) is 37.1 Å². The number of para-hydroxylation sites is 1. The minimum absolute atomic E-state index is 0.0202. The first kappa shape index (κ1) is 14.1. The number of hydrogen-bond donors (Lipinski definition) is 2. The highest BCUT2D eigenvalue weighted by Crippen LogP contribution is 2.29. The molecule has 1 aromatic heterocycles. The van der Waals surface area contributed by atoms with Crippen LogP contribution in [-0.2, 0) is 12.0 Å². The molecule has 0 bridgehead atoms. The van der Waals surface area contributed by atoms with Crippen LogP contribution in [0, 0.1) is 0 Å². The minimum Gasteiger partial charge on any atom is -0.476 e. The van der Waals surface area contributed by atoms with Gasteiger partial charge < -0.3 is 14.8 Å². The van der Waals surface area contributed by atoms with Crippen LogP contribution >= 0.6 is 0 Å². The van der Waals surface area contributed by atoms with Gasteiger partial charge in [-0.25, -0.2) is 9.78 Å². The molecule has 20 heavy (non-hydrogen) atoms. The summed E-state index contributed by atoms with van der Waals surface area (Å²) in [6.45, 7) is 6.77. The van der Waals surface area contributed by atoms with Crippen molar-refractivity contribution in [3.8, 4) is 0 Å². The van der Waals surface area contributed by atoms with E-state index in [1.807, 2.05) is 18.2 Å². The molecule has 0 aliphatic rings. The number of nitrogens with one attached hydrogen (secondary N) is 1. The van der Waals surface area contributed by atoms with E-state index in [0.29, 0.717) is 12.4 Å². The topological polar surface area (TPSA) is 75.4 Å². The van der Waals surface area contributed by atoms with Crippen LogP contribution in [0.1, 0.15) is 42.7 Å². The van der Waals surface area contributed by atoms with E-state index in [9.17, 15) is 4.79 Å². The molecule has 5 nitrogen and oxygen atoms in total. The standard InChI is InChI=1S/C15H18N2O3/c1-15(2,3)10-6-4-5-7-11(10)16-8-13-17-12(9-20-13)14(18)19/h4-7,9,16H,8H2,1-3H3,(H,18,19). The number of nitrogens with zero attached hydrogens (tertiary/aromatic N) is 1. The third kappa shape index (κ3) is 3.17. The molecule has 5 heteroatoms. The molecule has 0 radical (unpaired) electrons. The lowest BCUT2D eigenvalue weighted by Gasteiger charge is -2.23. The summed E-state index contributed by atoms with van der Waals surface area (Å²) in [5, 5.41) is 12.0. The van der Waals surface area contributed by atoms with Gasteiger partial charge in [0.05, 0.1) is 6.54 Å². The third-order valence-corrected chi connectivity index (χ3v) is 2.94. The highest BCUT2D eigenvalue weighted by atomic mass is 16.4. The van der Waals surface area contributed by atoms with Gasteiger partial charge in [0, 0.05) is 5.69 Å². The van der Waals surface area contributed by atoms with Crippen LogP contribution in [-0.4, -0.2) is 16.1 Å². The van der Waals surface area contributed by atoms with Gasteiger partial charge in [-0.15, -0.1) is 0 Å². The molecule has 106 valence electrons. The number of carbonyl (C=O) groups is 1. The molecule has 2 rings (SSSR count). The first-order valence-corrected chi connectivity index (χ1v) is 6.39. The number of aromatic nitrogens is 1. The maximum Gasteiger partial charge on any atom is 0.357 e. The number of aromatic carboxylic acids is 1. The molecule has 2 aromatic rings. The second-order valence-corrected chi connectivity index (χ2v) is 5.58. The molecule has 0 aliphatic heterocycles. The second-order valence-electron chi connectivity index (χ2n) is 5.58. The summed E-state index contributed by atoms with van der Waals surface area (Å²) < 4.78 is 5.12. The number of benzene rings is 1. The van der Waals surface area contributed by atoms with Crippen molar-refractivity contribution in [2.45, 2.75) is 32.7 Å². The number of carboxylic acid groups (broad SMARTS) is 1. The van der Waals surface area contributed by atoms with Crippen molar-refractivity contribution in [3.05, 3.63) is 47.7 Å². The van der Waals surface area contributed by atoms with Crippen LogP contribution in [0.2, 0.25) is 0 Å². The molecule has 0 spiro atoms. The molecule has 1 aromatic carbocycles. The van der Waals surface area contributed by atoms with Gasteiger partial charge >= 0.3 is 5.97 Å². The molecule has 0 saturated heterocycles. The van der Waals surface area contributed by atoms with Crippen LogP contribution in [0.15, 0.2) is 34.9 Å². The van der Waals surface area contributed by atoms with Crippen molar-refractivity contribution in [1.29, 1.82) is 0 Å². The van der Waals surface area contributed by atoms with Crippen molar-refractivity contribution in [2.75, 3.05) is 5.32 Å². The molecule has 0 unspecified atom stereocenters. The maximum absolute atomic E-state index is 10.7. The zero-order chi connectivity index (χ0) is 14.8. The summed E-state index contributed by atoms with van der Waals surface area (Å²) in [5.74, 6) is -0.735. The lowest BCUT2D eigenvalue weighted by molar-refractivity contribution is 0.0690. The molecular formula is C15H18N2O3. The Kier molecular flexibility index (Phi) is 3.79. The molecular weight excluding hydrogens is 256 g/mol. The zero-order valence-corrected chi connectivity index (χ0v) is 11.8. The predicted octanol–water partition coefficient (Wildman–Crippen LogP) is 3.28. The summed E-state index contributed by atoms with van der Waals surface area (Å²) in [6, 6.07) is 8.01. The van der Waals surface area contributed by atoms with E-state index < -0.39 is 5.97 Å². The fourth-order valence-electron chi connectivity index (χ4n) is 1.95. The Bertz CT molecular complexity index is 612. The second kappa shape index (κ2) is 5.36. The van der Waals surface area contributed by atoms with Crippen molar-refractivity contribution < 1.29 is 14.3 Å². The fourth-order valence-corrected chi connectivity index (χ4v) is 1.95. The van der Waals surface area contributed by atoms with E-state index in [0.717, 1.165) is 12.0 Å². The SMILES string of the molecule is CC(C)(C)c1ccccc1NCc1nc(C(=O)O)co1. The first-order chi connectivity index (χ1) is 9.38. The highest BCUT2D eigenvalue weighted by Gasteiger charge is 2.17. The van der Waals surface area contributed by atoms with Crippen molar-refractivity contribution in [3.63, 3.8) is 0 Å². The van der Waals surface area contributed by atoms with Crippen LogP contribution in [0.3, 0.4) is 0 Å². The summed E-state index contributed by atoms with van der Waals surface area (Å²) in [7, 11) is 0. The summed E-state index contributed by atoms with van der Waals surface area (Å²) >= 11 is 0. The number of hydrogen-bond acceptors (Lipinski definition) is 4. The van der Waals surface area contributed by atoms with Gasteiger partial charge in [0.15, 0.2) is 5.69 Å². The highest BCUT2D eigenvalue weighted by molar-refractivity contribution is 5.84. The minimum atomic E-state index is -1.09. The Labute approximate surface area is 117 Å². The third-order valence-electron chi connectivity index (χ3n) is 2.94. The van der Waals surface area contributed by atoms with Crippen LogP contribution in [0.5, 0.6) is 0 Å². The van der Waals surface area contributed by atoms with Gasteiger partial charge in [-0.1, -0.05) is 39.0 Å². The molecule has 0 amide bonds. The molecule has 2 N–H and O–H groups in total. The predicted molar refractivity (Wildman–Crippen MR) is 75.9 cm³/mol. The van der Waals surface area contributed by atoms with Crippen molar-refractivity contribution in [1.82, 2.24) is 4.98 Å². The molecule has 0 aliphatic carbocycles. The van der Waals surface area contributed by atoms with Crippen molar-refractivity contribution in [2.24, 2.45) is 0 Å². The largest absolute Gasteiger partial charge is 0.476 e. The lowest BCUT2D eigenvalue weighted by Crippen LogP contribution is -2.14. The Morgan fingerprint density at radius 1 is 1.35 bits per heavy atom. The van der Waals surface area contributed by atoms with Crippen molar-refractivity contribution >= 4 is 11.7 Å². The van der Waals surface area contributed by atoms with Gasteiger partial charge in [-0.3, -0.25) is 0 Å². The van der Waals surface area contributed by atoms with Gasteiger partial charge in [0.2, 0.25) is 5.89 Å². The lowest BCUT2D eigenvalue weighted by atomic mass is 9.86. The van der Waals surface area contributed by atoms with Crippen LogP contribution in [0.25, 0.3) is 0 Å². The number of anilines is 1. The first-order valence-electron chi connectivity index (χ1n) is 6.39. The quantitative estimate of drug-likeness (QED) is 0.894. The maximum atomic E-state index is 10.7. The molecule has 1 heterocycles. The van der Waals surface area contributed by atoms with E-state index in [-0.39, 0.29) is 11.1 Å². The van der Waals surface area contributed by atoms with E-state index >= 15 is 0 Å². The average Bonchev–Trinajstić information content (AvgIpc) is 2.84. The Balaban J connectivity index is 2.13. The normalized spacial score (nSPS) is 11.3. The average molecular weight is 274 g/mol. The molecule has 0 atom stereocenters. The van der Waals surface area contributed by atoms with Gasteiger partial charge in [0.1, 0.15) is 6.26 Å². The Hall–Kier alpha value is -2.30. The summed E-state index contributed by atoms with van der Waals surface area (Å²) in [4.78, 5) is 14.6. The van der Waals surface area contributed by atoms with E-state index in [1.54, 1.807) is 0 Å². The smallest absolute Gasteiger partial charge is 0.357 e. The van der Waals surface area contributed by atoms with Gasteiger partial charge in [-0.2, -0.15) is 0 Å². The monoisotopic (exact) mass is 274 g/mol.